The number of halogens is 1. The molecule has 0 radical (unpaired) electrons. The van der Waals surface area contributed by atoms with Crippen LogP contribution >= 0.6 is 15.9 Å². The number of allylic oxidation sites excluding steroid dienone is 1. The zero-order valence-electron chi connectivity index (χ0n) is 31.4. The Morgan fingerprint density at radius 3 is 2.37 bits per heavy atom. The van der Waals surface area contributed by atoms with Crippen LogP contribution in [0.2, 0.25) is 0 Å². The zero-order valence-corrected chi connectivity index (χ0v) is 32.9. The zero-order chi connectivity index (χ0) is 38.9. The van der Waals surface area contributed by atoms with Gasteiger partial charge in [0, 0.05) is 94.8 Å². The number of carbonyl (C=O) groups is 5. The molecule has 15 heteroatoms. The van der Waals surface area contributed by atoms with E-state index in [1.54, 1.807) is 20.2 Å². The van der Waals surface area contributed by atoms with E-state index in [4.69, 9.17) is 0 Å². The third kappa shape index (κ3) is 7.50. The minimum Gasteiger partial charge on any atom is -0.378 e. The number of nitrogens with one attached hydrogen (secondary N) is 2. The highest BCUT2D eigenvalue weighted by Crippen LogP contribution is 2.45. The summed E-state index contributed by atoms with van der Waals surface area (Å²) in [5, 5.41) is 10.1. The first kappa shape index (κ1) is 38.7. The number of hydrogen-bond acceptors (Lipinski definition) is 10. The average Bonchev–Trinajstić information content (AvgIpc) is 3.37. The minimum absolute atomic E-state index is 0.00361. The molecule has 0 bridgehead atoms. The number of nitrogens with zero attached hydrogens (tertiary/aromatic N) is 6. The van der Waals surface area contributed by atoms with Crippen molar-refractivity contribution in [3.63, 3.8) is 0 Å². The monoisotopic (exact) mass is 802 g/mol. The summed E-state index contributed by atoms with van der Waals surface area (Å²) < 4.78 is 1.73. The largest absolute Gasteiger partial charge is 0.378 e. The third-order valence-electron chi connectivity index (χ3n) is 11.1. The highest BCUT2D eigenvalue weighted by atomic mass is 79.9. The molecule has 2 saturated heterocycles. The molecule has 2 fully saturated rings. The minimum atomic E-state index is -1.02. The molecule has 5 heterocycles. The van der Waals surface area contributed by atoms with Crippen molar-refractivity contribution in [2.75, 3.05) is 52.1 Å². The number of aryl methyl sites for hydroxylation is 1. The second-order valence-corrected chi connectivity index (χ2v) is 15.5. The van der Waals surface area contributed by atoms with Gasteiger partial charge in [0.05, 0.1) is 23.5 Å². The molecule has 4 aliphatic heterocycles. The standard InChI is InChI=1S/C39H47BrN8O6/c1-6-31(33-24(2)35(51)48(37(33)53)29(21-49)11-12-32(50)41-3)47-22-39(23-47)13-15-46(16-14-39)36(52)26-9-7-25(8-10-26)27-17-28(20-44(4)19-27)43-30-18-42-45(5)38(54)34(30)40/h6-10,18-19,21,28-29,43H,11-17,20,22-23H2,1-5H3,(H,41,50)/b31-6+. The molecule has 1 spiro atoms. The molecule has 1 aromatic carbocycles. The number of carbonyl (C=O) groups excluding carboxylic acids is 5. The SMILES string of the molecule is C/C=C(\C1=C(C)C(=O)N(C(C=O)CCC(=O)NC)C1=O)N1CC2(CCN(C(=O)c3ccc(C4=CN(C)CC(Nc5cnn(C)c(=O)c5Br)C4)cc3)CC2)C1. The van der Waals surface area contributed by atoms with E-state index in [2.05, 4.69) is 47.7 Å². The number of likely N-dealkylation sites (tertiary alicyclic amines) is 2. The molecule has 6 rings (SSSR count). The molecule has 2 aromatic rings. The Morgan fingerprint density at radius 2 is 1.74 bits per heavy atom. The van der Waals surface area contributed by atoms with Crippen molar-refractivity contribution in [2.45, 2.75) is 58.0 Å². The van der Waals surface area contributed by atoms with Crippen LogP contribution in [-0.2, 0) is 26.2 Å². The second-order valence-electron chi connectivity index (χ2n) is 14.7. The maximum absolute atomic E-state index is 13.6. The van der Waals surface area contributed by atoms with Crippen molar-refractivity contribution in [2.24, 2.45) is 12.5 Å². The van der Waals surface area contributed by atoms with Crippen molar-refractivity contribution in [3.8, 4) is 0 Å². The van der Waals surface area contributed by atoms with Gasteiger partial charge in [0.1, 0.15) is 10.8 Å². The smallest absolute Gasteiger partial charge is 0.282 e. The van der Waals surface area contributed by atoms with E-state index in [0.29, 0.717) is 65.0 Å². The molecule has 1 aromatic heterocycles. The van der Waals surface area contributed by atoms with E-state index in [9.17, 15) is 28.8 Å². The number of amides is 4. The summed E-state index contributed by atoms with van der Waals surface area (Å²) in [4.78, 5) is 83.6. The van der Waals surface area contributed by atoms with Crippen LogP contribution in [0, 0.1) is 5.41 Å². The highest BCUT2D eigenvalue weighted by Gasteiger charge is 2.49. The predicted molar refractivity (Wildman–Crippen MR) is 207 cm³/mol. The Kier molecular flexibility index (Phi) is 11.3. The summed E-state index contributed by atoms with van der Waals surface area (Å²) in [5.74, 6) is -1.30. The Labute approximate surface area is 323 Å². The number of imide groups is 1. The summed E-state index contributed by atoms with van der Waals surface area (Å²) in [6.45, 7) is 6.83. The van der Waals surface area contributed by atoms with Gasteiger partial charge < -0.3 is 30.1 Å². The fraction of sp³-hybridized carbons (Fsp3) is 0.462. The van der Waals surface area contributed by atoms with Gasteiger partial charge in [0.25, 0.3) is 23.3 Å². The van der Waals surface area contributed by atoms with Crippen LogP contribution in [0.5, 0.6) is 0 Å². The van der Waals surface area contributed by atoms with Crippen molar-refractivity contribution in [3.05, 3.63) is 85.5 Å². The predicted octanol–water partition coefficient (Wildman–Crippen LogP) is 2.92. The van der Waals surface area contributed by atoms with E-state index in [1.807, 2.05) is 49.2 Å². The molecule has 2 atom stereocenters. The van der Waals surface area contributed by atoms with Gasteiger partial charge in [-0.2, -0.15) is 5.10 Å². The van der Waals surface area contributed by atoms with Crippen LogP contribution in [0.3, 0.4) is 0 Å². The fourth-order valence-corrected chi connectivity index (χ4v) is 8.50. The lowest BCUT2D eigenvalue weighted by molar-refractivity contribution is -0.143. The van der Waals surface area contributed by atoms with Gasteiger partial charge in [-0.05, 0) is 78.7 Å². The average molecular weight is 804 g/mol. The van der Waals surface area contributed by atoms with E-state index < -0.39 is 17.9 Å². The summed E-state index contributed by atoms with van der Waals surface area (Å²) in [5.41, 5.74) is 4.49. The molecule has 4 amide bonds. The molecule has 14 nitrogen and oxygen atoms in total. The Hall–Kier alpha value is -5.05. The van der Waals surface area contributed by atoms with Crippen molar-refractivity contribution >= 4 is 57.1 Å². The van der Waals surface area contributed by atoms with Crippen LogP contribution in [-0.4, -0.2) is 118 Å². The fourth-order valence-electron chi connectivity index (χ4n) is 8.02. The highest BCUT2D eigenvalue weighted by molar-refractivity contribution is 9.10. The third-order valence-corrected chi connectivity index (χ3v) is 11.9. The van der Waals surface area contributed by atoms with Crippen molar-refractivity contribution in [1.29, 1.82) is 0 Å². The summed E-state index contributed by atoms with van der Waals surface area (Å²) in [6.07, 6.45) is 8.61. The number of anilines is 1. The first-order chi connectivity index (χ1) is 25.8. The van der Waals surface area contributed by atoms with Crippen LogP contribution in [0.1, 0.15) is 61.9 Å². The number of piperidine rings is 1. The van der Waals surface area contributed by atoms with Gasteiger partial charge >= 0.3 is 0 Å². The lowest BCUT2D eigenvalue weighted by Crippen LogP contribution is -2.60. The van der Waals surface area contributed by atoms with Gasteiger partial charge in [0.15, 0.2) is 0 Å². The van der Waals surface area contributed by atoms with Crippen molar-refractivity contribution < 1.29 is 24.0 Å². The summed E-state index contributed by atoms with van der Waals surface area (Å²) in [7, 11) is 5.12. The first-order valence-corrected chi connectivity index (χ1v) is 19.0. The van der Waals surface area contributed by atoms with Gasteiger partial charge in [-0.25, -0.2) is 4.68 Å². The molecule has 0 aliphatic carbocycles. The van der Waals surface area contributed by atoms with Crippen molar-refractivity contribution in [1.82, 2.24) is 34.7 Å². The Bertz CT molecular complexity index is 2000. The maximum Gasteiger partial charge on any atom is 0.282 e. The van der Waals surface area contributed by atoms with E-state index in [-0.39, 0.29) is 41.7 Å². The van der Waals surface area contributed by atoms with Gasteiger partial charge in [-0.3, -0.25) is 28.9 Å². The number of aldehydes is 1. The van der Waals surface area contributed by atoms with Gasteiger partial charge in [-0.15, -0.1) is 0 Å². The molecule has 2 unspecified atom stereocenters. The molecule has 54 heavy (non-hydrogen) atoms. The topological polar surface area (TPSA) is 157 Å². The first-order valence-electron chi connectivity index (χ1n) is 18.2. The molecule has 286 valence electrons. The van der Waals surface area contributed by atoms with Gasteiger partial charge in [0.2, 0.25) is 5.91 Å². The van der Waals surface area contributed by atoms with E-state index in [1.165, 1.54) is 11.7 Å². The van der Waals surface area contributed by atoms with Crippen LogP contribution in [0.15, 0.2) is 68.8 Å². The number of likely N-dealkylation sites (N-methyl/N-ethyl adjacent to an activating group) is 1. The van der Waals surface area contributed by atoms with E-state index in [0.717, 1.165) is 41.8 Å². The molecule has 2 N–H and O–H groups in total. The number of aromatic nitrogens is 2. The number of rotatable bonds is 11. The van der Waals surface area contributed by atoms with Gasteiger partial charge in [-0.1, -0.05) is 18.2 Å². The molecule has 4 aliphatic rings. The lowest BCUT2D eigenvalue weighted by Gasteiger charge is -2.55. The maximum atomic E-state index is 13.6. The quantitative estimate of drug-likeness (QED) is 0.256. The number of hydrogen-bond donors (Lipinski definition) is 2. The Balaban J connectivity index is 1.03. The summed E-state index contributed by atoms with van der Waals surface area (Å²) >= 11 is 3.40. The summed E-state index contributed by atoms with van der Waals surface area (Å²) in [6, 6.07) is 6.78. The van der Waals surface area contributed by atoms with Crippen LogP contribution < -0.4 is 16.2 Å². The second kappa shape index (κ2) is 15.7. The van der Waals surface area contributed by atoms with Crippen LogP contribution in [0.4, 0.5) is 5.69 Å². The Morgan fingerprint density at radius 1 is 1.06 bits per heavy atom. The molecular weight excluding hydrogens is 756 g/mol. The molecule has 0 saturated carbocycles. The van der Waals surface area contributed by atoms with E-state index >= 15 is 0 Å². The normalized spacial score (nSPS) is 20.6. The number of benzene rings is 1. The molecular formula is C39H47BrN8O6. The lowest BCUT2D eigenvalue weighted by atomic mass is 9.71. The van der Waals surface area contributed by atoms with Crippen LogP contribution in [0.25, 0.3) is 5.57 Å².